The van der Waals surface area contributed by atoms with E-state index in [9.17, 15) is 5.11 Å². The van der Waals surface area contributed by atoms with Gasteiger partial charge in [-0.1, -0.05) is 0 Å². The van der Waals surface area contributed by atoms with Crippen LogP contribution >= 0.6 is 0 Å². The van der Waals surface area contributed by atoms with Crippen molar-refractivity contribution in [3.8, 4) is 0 Å². The third-order valence-corrected chi connectivity index (χ3v) is 5.76. The minimum atomic E-state index is -0.593. The number of ether oxygens (including phenoxy) is 2. The molecule has 3 fully saturated rings. The Morgan fingerprint density at radius 2 is 1.59 bits per heavy atom. The van der Waals surface area contributed by atoms with Gasteiger partial charge in [-0.25, -0.2) is 4.98 Å². The van der Waals surface area contributed by atoms with E-state index < -0.39 is 5.60 Å². The second kappa shape index (κ2) is 8.26. The highest BCUT2D eigenvalue weighted by molar-refractivity contribution is 5.46. The predicted octanol–water partition coefficient (Wildman–Crippen LogP) is 0.285. The molecule has 8 nitrogen and oxygen atoms in total. The van der Waals surface area contributed by atoms with Gasteiger partial charge in [0.1, 0.15) is 5.82 Å². The van der Waals surface area contributed by atoms with Crippen molar-refractivity contribution in [3.05, 3.63) is 11.8 Å². The molecule has 150 valence electrons. The van der Waals surface area contributed by atoms with E-state index in [1.165, 1.54) is 0 Å². The van der Waals surface area contributed by atoms with Crippen molar-refractivity contribution in [2.45, 2.75) is 25.4 Å². The maximum absolute atomic E-state index is 10.7. The molecule has 0 amide bonds. The van der Waals surface area contributed by atoms with Gasteiger partial charge in [0.15, 0.2) is 0 Å². The largest absolute Gasteiger partial charge is 0.388 e. The minimum Gasteiger partial charge on any atom is -0.388 e. The van der Waals surface area contributed by atoms with E-state index in [0.717, 1.165) is 89.3 Å². The van der Waals surface area contributed by atoms with Gasteiger partial charge >= 0.3 is 0 Å². The van der Waals surface area contributed by atoms with Crippen LogP contribution in [0.2, 0.25) is 0 Å². The van der Waals surface area contributed by atoms with Crippen LogP contribution in [0.25, 0.3) is 0 Å². The summed E-state index contributed by atoms with van der Waals surface area (Å²) in [6, 6.07) is 2.06. The Labute approximate surface area is 161 Å². The number of morpholine rings is 1. The molecule has 8 heteroatoms. The van der Waals surface area contributed by atoms with Crippen LogP contribution in [-0.4, -0.2) is 97.8 Å². The molecule has 1 N–H and O–H groups in total. The van der Waals surface area contributed by atoms with Crippen molar-refractivity contribution in [3.63, 3.8) is 0 Å². The molecule has 3 aliphatic heterocycles. The Kier molecular flexibility index (Phi) is 5.77. The third kappa shape index (κ3) is 4.68. The Balaban J connectivity index is 1.37. The van der Waals surface area contributed by atoms with Gasteiger partial charge in [-0.3, -0.25) is 4.90 Å². The fourth-order valence-corrected chi connectivity index (χ4v) is 4.06. The van der Waals surface area contributed by atoms with E-state index in [2.05, 4.69) is 25.8 Å². The number of aliphatic hydroxyl groups is 1. The summed E-state index contributed by atoms with van der Waals surface area (Å²) in [5.74, 6) is 1.82. The van der Waals surface area contributed by atoms with E-state index in [4.69, 9.17) is 14.5 Å². The summed E-state index contributed by atoms with van der Waals surface area (Å²) >= 11 is 0. The lowest BCUT2D eigenvalue weighted by atomic mass is 9.93. The standard InChI is InChI=1S/C19H31N5O3/c1-16-14-17(23-8-12-27-13-9-23)21-18(20-16)24-6-4-22(5-7-24)15-19(25)2-10-26-11-3-19/h14,25H,2-13,15H2,1H3. The number of aryl methyl sites for hydroxylation is 1. The van der Waals surface area contributed by atoms with Crippen LogP contribution in [-0.2, 0) is 9.47 Å². The van der Waals surface area contributed by atoms with Gasteiger partial charge in [0, 0.05) is 83.6 Å². The van der Waals surface area contributed by atoms with Gasteiger partial charge in [0.2, 0.25) is 5.95 Å². The van der Waals surface area contributed by atoms with Crippen LogP contribution in [0.4, 0.5) is 11.8 Å². The number of hydrogen-bond donors (Lipinski definition) is 1. The lowest BCUT2D eigenvalue weighted by molar-refractivity contribution is -0.0802. The fraction of sp³-hybridized carbons (Fsp3) is 0.789. The maximum atomic E-state index is 10.7. The summed E-state index contributed by atoms with van der Waals surface area (Å²) in [5, 5.41) is 10.7. The molecule has 0 unspecified atom stereocenters. The molecule has 1 aromatic heterocycles. The first-order chi connectivity index (χ1) is 13.1. The molecule has 4 rings (SSSR count). The van der Waals surface area contributed by atoms with E-state index in [0.29, 0.717) is 13.2 Å². The average molecular weight is 377 g/mol. The summed E-state index contributed by atoms with van der Waals surface area (Å²) in [5.41, 5.74) is 0.407. The third-order valence-electron chi connectivity index (χ3n) is 5.76. The molecular formula is C19H31N5O3. The predicted molar refractivity (Wildman–Crippen MR) is 103 cm³/mol. The molecule has 4 heterocycles. The van der Waals surface area contributed by atoms with Crippen LogP contribution in [0, 0.1) is 6.92 Å². The number of hydrogen-bond acceptors (Lipinski definition) is 8. The average Bonchev–Trinajstić information content (AvgIpc) is 2.69. The van der Waals surface area contributed by atoms with Crippen molar-refractivity contribution in [1.29, 1.82) is 0 Å². The summed E-state index contributed by atoms with van der Waals surface area (Å²) in [4.78, 5) is 16.4. The van der Waals surface area contributed by atoms with E-state index in [-0.39, 0.29) is 0 Å². The number of aromatic nitrogens is 2. The first-order valence-corrected chi connectivity index (χ1v) is 10.1. The van der Waals surface area contributed by atoms with Crippen molar-refractivity contribution in [2.75, 3.05) is 82.0 Å². The molecule has 0 aliphatic carbocycles. The Morgan fingerprint density at radius 3 is 2.30 bits per heavy atom. The molecule has 1 aromatic rings. The second-order valence-corrected chi connectivity index (χ2v) is 7.87. The highest BCUT2D eigenvalue weighted by atomic mass is 16.5. The van der Waals surface area contributed by atoms with Gasteiger partial charge in [0.25, 0.3) is 0 Å². The number of nitrogens with zero attached hydrogens (tertiary/aromatic N) is 5. The smallest absolute Gasteiger partial charge is 0.227 e. The number of β-amino-alcohol motifs (C(OH)–C–C–N with tert-alkyl or cyclic N) is 1. The SMILES string of the molecule is Cc1cc(N2CCOCC2)nc(N2CCN(CC3(O)CCOCC3)CC2)n1. The van der Waals surface area contributed by atoms with Crippen molar-refractivity contribution in [2.24, 2.45) is 0 Å². The summed E-state index contributed by atoms with van der Waals surface area (Å²) in [6.45, 7) is 11.0. The lowest BCUT2D eigenvalue weighted by Crippen LogP contribution is -2.53. The number of piperazine rings is 1. The van der Waals surface area contributed by atoms with Crippen LogP contribution in [0.5, 0.6) is 0 Å². The molecule has 0 spiro atoms. The fourth-order valence-electron chi connectivity index (χ4n) is 4.06. The van der Waals surface area contributed by atoms with Gasteiger partial charge in [-0.05, 0) is 6.92 Å². The summed E-state index contributed by atoms with van der Waals surface area (Å²) in [6.07, 6.45) is 1.47. The molecule has 0 aromatic carbocycles. The zero-order chi connectivity index (χ0) is 18.7. The molecular weight excluding hydrogens is 346 g/mol. The zero-order valence-electron chi connectivity index (χ0n) is 16.3. The molecule has 3 aliphatic rings. The number of anilines is 2. The normalized spacial score (nSPS) is 24.2. The molecule has 0 saturated carbocycles. The highest BCUT2D eigenvalue weighted by Crippen LogP contribution is 2.24. The van der Waals surface area contributed by atoms with Crippen molar-refractivity contribution >= 4 is 11.8 Å². The maximum Gasteiger partial charge on any atom is 0.227 e. The monoisotopic (exact) mass is 377 g/mol. The first-order valence-electron chi connectivity index (χ1n) is 10.1. The molecule has 0 radical (unpaired) electrons. The second-order valence-electron chi connectivity index (χ2n) is 7.87. The van der Waals surface area contributed by atoms with Gasteiger partial charge < -0.3 is 24.4 Å². The summed E-state index contributed by atoms with van der Waals surface area (Å²) < 4.78 is 10.8. The van der Waals surface area contributed by atoms with Crippen LogP contribution in [0.15, 0.2) is 6.07 Å². The van der Waals surface area contributed by atoms with Crippen LogP contribution in [0.3, 0.4) is 0 Å². The highest BCUT2D eigenvalue weighted by Gasteiger charge is 2.33. The van der Waals surface area contributed by atoms with E-state index in [1.807, 2.05) is 6.92 Å². The quantitative estimate of drug-likeness (QED) is 0.802. The molecule has 0 bridgehead atoms. The molecule has 3 saturated heterocycles. The van der Waals surface area contributed by atoms with Gasteiger partial charge in [-0.15, -0.1) is 0 Å². The van der Waals surface area contributed by atoms with E-state index >= 15 is 0 Å². The van der Waals surface area contributed by atoms with Crippen molar-refractivity contribution < 1.29 is 14.6 Å². The van der Waals surface area contributed by atoms with Crippen LogP contribution in [0.1, 0.15) is 18.5 Å². The minimum absolute atomic E-state index is 0.593. The zero-order valence-corrected chi connectivity index (χ0v) is 16.3. The molecule has 27 heavy (non-hydrogen) atoms. The van der Waals surface area contributed by atoms with E-state index in [1.54, 1.807) is 0 Å². The lowest BCUT2D eigenvalue weighted by Gasteiger charge is -2.41. The topological polar surface area (TPSA) is 74.2 Å². The van der Waals surface area contributed by atoms with Crippen LogP contribution < -0.4 is 9.80 Å². The Bertz CT molecular complexity index is 624. The first kappa shape index (κ1) is 18.9. The van der Waals surface area contributed by atoms with Gasteiger partial charge in [-0.2, -0.15) is 4.98 Å². The molecule has 0 atom stereocenters. The Morgan fingerprint density at radius 1 is 0.926 bits per heavy atom. The van der Waals surface area contributed by atoms with Crippen molar-refractivity contribution in [1.82, 2.24) is 14.9 Å². The summed E-state index contributed by atoms with van der Waals surface area (Å²) in [7, 11) is 0. The number of rotatable bonds is 4. The van der Waals surface area contributed by atoms with Gasteiger partial charge in [0.05, 0.1) is 18.8 Å². The Hall–Kier alpha value is -1.48.